The van der Waals surface area contributed by atoms with E-state index in [2.05, 4.69) is 75.5 Å². The fourth-order valence-electron chi connectivity index (χ4n) is 2.80. The molecule has 1 unspecified atom stereocenters. The average molecular weight is 295 g/mol. The Balaban J connectivity index is 1.95. The van der Waals surface area contributed by atoms with Crippen molar-refractivity contribution in [3.63, 3.8) is 0 Å². The third-order valence-corrected chi connectivity index (χ3v) is 5.49. The van der Waals surface area contributed by atoms with E-state index in [9.17, 15) is 0 Å². The van der Waals surface area contributed by atoms with Crippen LogP contribution in [0.5, 0.6) is 0 Å². The summed E-state index contributed by atoms with van der Waals surface area (Å²) in [5, 5.41) is 5.06. The zero-order valence-corrected chi connectivity index (χ0v) is 13.8. The van der Waals surface area contributed by atoms with Crippen LogP contribution in [0.1, 0.15) is 34.5 Å². The van der Waals surface area contributed by atoms with E-state index in [1.165, 1.54) is 37.3 Å². The lowest BCUT2D eigenvalue weighted by molar-refractivity contribution is 0.897. The topological polar surface area (TPSA) is 12.0 Å². The SMILES string of the molecule is Cc1ccc(C)c(NC(C)c2sc3ccccc3c2C)c1. The molecule has 1 atom stereocenters. The second kappa shape index (κ2) is 5.53. The molecule has 21 heavy (non-hydrogen) atoms. The van der Waals surface area contributed by atoms with Gasteiger partial charge in [-0.3, -0.25) is 0 Å². The Kier molecular flexibility index (Phi) is 3.73. The fraction of sp³-hybridized carbons (Fsp3) is 0.263. The highest BCUT2D eigenvalue weighted by Crippen LogP contribution is 2.36. The maximum Gasteiger partial charge on any atom is 0.0581 e. The van der Waals surface area contributed by atoms with E-state index in [0.29, 0.717) is 6.04 Å². The summed E-state index contributed by atoms with van der Waals surface area (Å²) in [6.45, 7) is 8.78. The van der Waals surface area contributed by atoms with Gasteiger partial charge >= 0.3 is 0 Å². The van der Waals surface area contributed by atoms with Gasteiger partial charge in [-0.05, 0) is 61.9 Å². The van der Waals surface area contributed by atoms with Gasteiger partial charge in [0.05, 0.1) is 6.04 Å². The standard InChI is InChI=1S/C19H21NS/c1-12-9-10-13(2)17(11-12)20-15(4)19-14(3)16-7-5-6-8-18(16)21-19/h5-11,15,20H,1-4H3. The lowest BCUT2D eigenvalue weighted by Gasteiger charge is -2.17. The predicted octanol–water partition coefficient (Wildman–Crippen LogP) is 6.00. The highest BCUT2D eigenvalue weighted by Gasteiger charge is 2.14. The molecule has 0 fully saturated rings. The third-order valence-electron chi connectivity index (χ3n) is 4.04. The van der Waals surface area contributed by atoms with E-state index >= 15 is 0 Å². The first kappa shape index (κ1) is 14.2. The van der Waals surface area contributed by atoms with Crippen LogP contribution < -0.4 is 5.32 Å². The Morgan fingerprint density at radius 2 is 1.76 bits per heavy atom. The molecule has 0 aliphatic heterocycles. The van der Waals surface area contributed by atoms with Crippen molar-refractivity contribution in [3.8, 4) is 0 Å². The van der Waals surface area contributed by atoms with Crippen molar-refractivity contribution in [1.82, 2.24) is 0 Å². The van der Waals surface area contributed by atoms with E-state index in [0.717, 1.165) is 0 Å². The van der Waals surface area contributed by atoms with Crippen LogP contribution in [0.3, 0.4) is 0 Å². The van der Waals surface area contributed by atoms with E-state index in [1.807, 2.05) is 11.3 Å². The smallest absolute Gasteiger partial charge is 0.0581 e. The van der Waals surface area contributed by atoms with Gasteiger partial charge in [-0.2, -0.15) is 0 Å². The zero-order valence-electron chi connectivity index (χ0n) is 13.0. The average Bonchev–Trinajstić information content (AvgIpc) is 2.81. The highest BCUT2D eigenvalue weighted by molar-refractivity contribution is 7.19. The number of hydrogen-bond donors (Lipinski definition) is 1. The van der Waals surface area contributed by atoms with Crippen LogP contribution in [0.15, 0.2) is 42.5 Å². The van der Waals surface area contributed by atoms with Crippen LogP contribution in [-0.4, -0.2) is 0 Å². The second-order valence-electron chi connectivity index (χ2n) is 5.77. The molecule has 0 saturated carbocycles. The van der Waals surface area contributed by atoms with Crippen molar-refractivity contribution in [1.29, 1.82) is 0 Å². The Morgan fingerprint density at radius 1 is 1.00 bits per heavy atom. The summed E-state index contributed by atoms with van der Waals surface area (Å²) < 4.78 is 1.37. The van der Waals surface area contributed by atoms with Gasteiger partial charge in [0.2, 0.25) is 0 Å². The molecule has 0 amide bonds. The van der Waals surface area contributed by atoms with Crippen molar-refractivity contribution in [2.45, 2.75) is 33.7 Å². The van der Waals surface area contributed by atoms with Gasteiger partial charge in [-0.15, -0.1) is 11.3 Å². The molecule has 1 nitrogen and oxygen atoms in total. The van der Waals surface area contributed by atoms with E-state index in [4.69, 9.17) is 0 Å². The third kappa shape index (κ3) is 2.68. The Bertz CT molecular complexity index is 785. The lowest BCUT2D eigenvalue weighted by Crippen LogP contribution is -2.07. The van der Waals surface area contributed by atoms with Crippen LogP contribution in [0.2, 0.25) is 0 Å². The fourth-order valence-corrected chi connectivity index (χ4v) is 4.01. The first-order valence-electron chi connectivity index (χ1n) is 7.38. The number of hydrogen-bond acceptors (Lipinski definition) is 2. The minimum absolute atomic E-state index is 0.322. The summed E-state index contributed by atoms with van der Waals surface area (Å²) in [5.41, 5.74) is 5.23. The summed E-state index contributed by atoms with van der Waals surface area (Å²) in [6.07, 6.45) is 0. The van der Waals surface area contributed by atoms with Gasteiger partial charge in [-0.1, -0.05) is 30.3 Å². The zero-order chi connectivity index (χ0) is 15.0. The maximum absolute atomic E-state index is 3.68. The molecule has 1 aromatic heterocycles. The van der Waals surface area contributed by atoms with E-state index in [1.54, 1.807) is 0 Å². The Hall–Kier alpha value is -1.80. The van der Waals surface area contributed by atoms with Gasteiger partial charge in [0.15, 0.2) is 0 Å². The molecule has 108 valence electrons. The highest BCUT2D eigenvalue weighted by atomic mass is 32.1. The van der Waals surface area contributed by atoms with E-state index < -0.39 is 0 Å². The van der Waals surface area contributed by atoms with Crippen LogP contribution >= 0.6 is 11.3 Å². The summed E-state index contributed by atoms with van der Waals surface area (Å²) in [4.78, 5) is 1.43. The van der Waals surface area contributed by atoms with Crippen molar-refractivity contribution < 1.29 is 0 Å². The van der Waals surface area contributed by atoms with Crippen molar-refractivity contribution >= 4 is 27.1 Å². The summed E-state index contributed by atoms with van der Waals surface area (Å²) in [5.74, 6) is 0. The van der Waals surface area contributed by atoms with Gasteiger partial charge in [0.1, 0.15) is 0 Å². The number of fused-ring (bicyclic) bond motifs is 1. The molecular weight excluding hydrogens is 274 g/mol. The number of anilines is 1. The molecular formula is C19H21NS. The van der Waals surface area contributed by atoms with Gasteiger partial charge in [-0.25, -0.2) is 0 Å². The number of benzene rings is 2. The molecule has 0 radical (unpaired) electrons. The number of aryl methyl sites for hydroxylation is 3. The van der Waals surface area contributed by atoms with E-state index in [-0.39, 0.29) is 0 Å². The lowest BCUT2D eigenvalue weighted by atomic mass is 10.1. The van der Waals surface area contributed by atoms with Crippen LogP contribution in [-0.2, 0) is 0 Å². The molecule has 0 saturated heterocycles. The number of nitrogens with one attached hydrogen (secondary N) is 1. The molecule has 0 aliphatic carbocycles. The molecule has 0 aliphatic rings. The molecule has 2 aromatic carbocycles. The Labute approximate surface area is 130 Å². The van der Waals surface area contributed by atoms with Gasteiger partial charge in [0, 0.05) is 15.3 Å². The first-order valence-corrected chi connectivity index (χ1v) is 8.19. The van der Waals surface area contributed by atoms with Crippen molar-refractivity contribution in [2.75, 3.05) is 5.32 Å². The molecule has 1 N–H and O–H groups in total. The minimum atomic E-state index is 0.322. The number of thiophene rings is 1. The molecule has 1 heterocycles. The molecule has 0 bridgehead atoms. The van der Waals surface area contributed by atoms with Gasteiger partial charge < -0.3 is 5.32 Å². The first-order chi connectivity index (χ1) is 10.1. The second-order valence-corrected chi connectivity index (χ2v) is 6.86. The molecule has 2 heteroatoms. The van der Waals surface area contributed by atoms with Crippen LogP contribution in [0, 0.1) is 20.8 Å². The molecule has 3 rings (SSSR count). The van der Waals surface area contributed by atoms with Gasteiger partial charge in [0.25, 0.3) is 0 Å². The van der Waals surface area contributed by atoms with Crippen molar-refractivity contribution in [2.24, 2.45) is 0 Å². The molecule has 0 spiro atoms. The van der Waals surface area contributed by atoms with Crippen LogP contribution in [0.4, 0.5) is 5.69 Å². The normalized spacial score (nSPS) is 12.6. The largest absolute Gasteiger partial charge is 0.377 e. The quantitative estimate of drug-likeness (QED) is 0.625. The maximum atomic E-state index is 3.68. The number of rotatable bonds is 3. The Morgan fingerprint density at radius 3 is 2.52 bits per heavy atom. The predicted molar refractivity (Wildman–Crippen MR) is 94.5 cm³/mol. The summed E-state index contributed by atoms with van der Waals surface area (Å²) >= 11 is 1.90. The summed E-state index contributed by atoms with van der Waals surface area (Å²) in [6, 6.07) is 15.6. The monoisotopic (exact) mass is 295 g/mol. The minimum Gasteiger partial charge on any atom is -0.377 e. The summed E-state index contributed by atoms with van der Waals surface area (Å²) in [7, 11) is 0. The van der Waals surface area contributed by atoms with Crippen LogP contribution in [0.25, 0.3) is 10.1 Å². The molecule has 3 aromatic rings. The van der Waals surface area contributed by atoms with Crippen molar-refractivity contribution in [3.05, 3.63) is 64.0 Å².